The molecule has 3 aromatic rings. The molecule has 202 valence electrons. The average Bonchev–Trinajstić information content (AvgIpc) is 2.88. The first-order valence-electron chi connectivity index (χ1n) is 12.4. The van der Waals surface area contributed by atoms with Crippen LogP contribution in [0, 0.1) is 20.8 Å². The molecule has 0 aliphatic carbocycles. The number of anilines is 1. The van der Waals surface area contributed by atoms with Crippen molar-refractivity contribution in [1.29, 1.82) is 0 Å². The summed E-state index contributed by atoms with van der Waals surface area (Å²) >= 11 is 3.41. The highest BCUT2D eigenvalue weighted by atomic mass is 79.9. The fourth-order valence-electron chi connectivity index (χ4n) is 4.03. The Morgan fingerprint density at radius 2 is 1.53 bits per heavy atom. The van der Waals surface area contributed by atoms with Gasteiger partial charge < -0.3 is 10.2 Å². The number of carbonyl (C=O) groups excluding carboxylic acids is 2. The van der Waals surface area contributed by atoms with Crippen molar-refractivity contribution in [2.45, 2.75) is 52.1 Å². The molecule has 0 aliphatic rings. The molecule has 3 aromatic carbocycles. The maximum atomic E-state index is 13.9. The van der Waals surface area contributed by atoms with Crippen molar-refractivity contribution in [3.8, 4) is 0 Å². The molecule has 0 saturated carbocycles. The van der Waals surface area contributed by atoms with Crippen LogP contribution in [0.1, 0.15) is 36.1 Å². The third-order valence-corrected chi connectivity index (χ3v) is 8.61. The van der Waals surface area contributed by atoms with Crippen LogP contribution in [0.15, 0.2) is 76.1 Å². The molecule has 7 nitrogen and oxygen atoms in total. The van der Waals surface area contributed by atoms with Crippen LogP contribution in [-0.2, 0) is 26.2 Å². The number of hydrogen-bond acceptors (Lipinski definition) is 4. The molecule has 1 atom stereocenters. The van der Waals surface area contributed by atoms with Crippen LogP contribution in [0.3, 0.4) is 0 Å². The van der Waals surface area contributed by atoms with E-state index in [1.807, 2.05) is 64.1 Å². The van der Waals surface area contributed by atoms with E-state index in [-0.39, 0.29) is 17.3 Å². The number of benzene rings is 3. The molecule has 1 N–H and O–H groups in total. The predicted octanol–water partition coefficient (Wildman–Crippen LogP) is 5.12. The number of nitrogens with zero attached hydrogens (tertiary/aromatic N) is 2. The Morgan fingerprint density at radius 3 is 2.13 bits per heavy atom. The summed E-state index contributed by atoms with van der Waals surface area (Å²) in [5.74, 6) is -0.791. The van der Waals surface area contributed by atoms with E-state index in [2.05, 4.69) is 21.2 Å². The Hall–Kier alpha value is -3.17. The molecular weight excluding hydrogens is 566 g/mol. The summed E-state index contributed by atoms with van der Waals surface area (Å²) in [6, 6.07) is 18.7. The lowest BCUT2D eigenvalue weighted by atomic mass is 10.1. The van der Waals surface area contributed by atoms with Gasteiger partial charge in [0.25, 0.3) is 10.0 Å². The third-order valence-electron chi connectivity index (χ3n) is 6.31. The standard InChI is InChI=1S/C29H34BrN3O4S/c1-6-31-29(35)23(5)32(18-24-11-13-25(30)14-12-24)28(34)19-33(27-17-21(3)7-10-22(27)4)38(36,37)26-15-8-20(2)9-16-26/h7-17,23H,6,18-19H2,1-5H3,(H,31,35). The first-order valence-corrected chi connectivity index (χ1v) is 14.7. The van der Waals surface area contributed by atoms with E-state index in [1.165, 1.54) is 4.90 Å². The van der Waals surface area contributed by atoms with Gasteiger partial charge in [-0.1, -0.05) is 57.9 Å². The van der Waals surface area contributed by atoms with Crippen LogP contribution in [-0.4, -0.2) is 44.3 Å². The van der Waals surface area contributed by atoms with Gasteiger partial charge in [0, 0.05) is 17.6 Å². The summed E-state index contributed by atoms with van der Waals surface area (Å²) in [5.41, 5.74) is 3.75. The van der Waals surface area contributed by atoms with Crippen molar-refractivity contribution in [2.24, 2.45) is 0 Å². The molecule has 2 amide bonds. The van der Waals surface area contributed by atoms with Gasteiger partial charge in [-0.15, -0.1) is 0 Å². The largest absolute Gasteiger partial charge is 0.355 e. The Balaban J connectivity index is 2.07. The van der Waals surface area contributed by atoms with Crippen LogP contribution in [0.5, 0.6) is 0 Å². The fourth-order valence-corrected chi connectivity index (χ4v) is 5.76. The summed E-state index contributed by atoms with van der Waals surface area (Å²) in [4.78, 5) is 28.2. The minimum absolute atomic E-state index is 0.0908. The van der Waals surface area contributed by atoms with Crippen LogP contribution in [0.4, 0.5) is 5.69 Å². The molecule has 0 aromatic heterocycles. The van der Waals surface area contributed by atoms with Gasteiger partial charge in [0.15, 0.2) is 0 Å². The van der Waals surface area contributed by atoms with Crippen LogP contribution < -0.4 is 9.62 Å². The van der Waals surface area contributed by atoms with E-state index in [0.29, 0.717) is 12.2 Å². The Bertz CT molecular complexity index is 1390. The summed E-state index contributed by atoms with van der Waals surface area (Å²) < 4.78 is 29.9. The predicted molar refractivity (Wildman–Crippen MR) is 154 cm³/mol. The molecule has 0 radical (unpaired) electrons. The summed E-state index contributed by atoms with van der Waals surface area (Å²) in [6.07, 6.45) is 0. The number of carbonyl (C=O) groups is 2. The zero-order chi connectivity index (χ0) is 28.0. The van der Waals surface area contributed by atoms with E-state index in [1.54, 1.807) is 37.3 Å². The highest BCUT2D eigenvalue weighted by molar-refractivity contribution is 9.10. The number of nitrogens with one attached hydrogen (secondary N) is 1. The molecule has 0 aliphatic heterocycles. The third kappa shape index (κ3) is 7.02. The number of sulfonamides is 1. The van der Waals surface area contributed by atoms with Crippen molar-refractivity contribution >= 4 is 43.5 Å². The molecule has 0 saturated heterocycles. The smallest absolute Gasteiger partial charge is 0.264 e. The van der Waals surface area contributed by atoms with Crippen molar-refractivity contribution in [2.75, 3.05) is 17.4 Å². The van der Waals surface area contributed by atoms with Crippen molar-refractivity contribution < 1.29 is 18.0 Å². The van der Waals surface area contributed by atoms with Crippen molar-refractivity contribution in [1.82, 2.24) is 10.2 Å². The summed E-state index contributed by atoms with van der Waals surface area (Å²) in [7, 11) is -4.09. The van der Waals surface area contributed by atoms with Gasteiger partial charge in [0.05, 0.1) is 10.6 Å². The maximum absolute atomic E-state index is 13.9. The normalized spacial score (nSPS) is 12.1. The van der Waals surface area contributed by atoms with Gasteiger partial charge in [-0.05, 0) is 81.6 Å². The second-order valence-electron chi connectivity index (χ2n) is 9.33. The lowest BCUT2D eigenvalue weighted by Crippen LogP contribution is -2.51. The monoisotopic (exact) mass is 599 g/mol. The summed E-state index contributed by atoms with van der Waals surface area (Å²) in [5, 5.41) is 2.77. The lowest BCUT2D eigenvalue weighted by molar-refractivity contribution is -0.139. The van der Waals surface area contributed by atoms with Crippen LogP contribution >= 0.6 is 15.9 Å². The SMILES string of the molecule is CCNC(=O)C(C)N(Cc1ccc(Br)cc1)C(=O)CN(c1cc(C)ccc1C)S(=O)(=O)c1ccc(C)cc1. The second-order valence-corrected chi connectivity index (χ2v) is 12.1. The fraction of sp³-hybridized carbons (Fsp3) is 0.310. The van der Waals surface area contributed by atoms with E-state index in [4.69, 9.17) is 0 Å². The molecule has 0 heterocycles. The molecule has 38 heavy (non-hydrogen) atoms. The summed E-state index contributed by atoms with van der Waals surface area (Å²) in [6.45, 7) is 9.13. The van der Waals surface area contributed by atoms with Gasteiger partial charge in [-0.2, -0.15) is 0 Å². The van der Waals surface area contributed by atoms with E-state index in [0.717, 1.165) is 31.0 Å². The second kappa shape index (κ2) is 12.6. The topological polar surface area (TPSA) is 86.8 Å². The molecule has 9 heteroatoms. The van der Waals surface area contributed by atoms with Crippen LogP contribution in [0.25, 0.3) is 0 Å². The molecule has 0 spiro atoms. The quantitative estimate of drug-likeness (QED) is 0.350. The van der Waals surface area contributed by atoms with E-state index < -0.39 is 28.5 Å². The van der Waals surface area contributed by atoms with Crippen LogP contribution in [0.2, 0.25) is 0 Å². The minimum atomic E-state index is -4.09. The maximum Gasteiger partial charge on any atom is 0.264 e. The molecule has 0 fully saturated rings. The Morgan fingerprint density at radius 1 is 0.921 bits per heavy atom. The number of likely N-dealkylation sites (N-methyl/N-ethyl adjacent to an activating group) is 1. The zero-order valence-electron chi connectivity index (χ0n) is 22.4. The van der Waals surface area contributed by atoms with Crippen molar-refractivity contribution in [3.05, 3.63) is 93.5 Å². The van der Waals surface area contributed by atoms with Gasteiger partial charge in [-0.25, -0.2) is 8.42 Å². The molecular formula is C29H34BrN3O4S. The van der Waals surface area contributed by atoms with Gasteiger partial charge in [0.2, 0.25) is 11.8 Å². The Kier molecular flexibility index (Phi) is 9.73. The van der Waals surface area contributed by atoms with E-state index >= 15 is 0 Å². The van der Waals surface area contributed by atoms with E-state index in [9.17, 15) is 18.0 Å². The first-order chi connectivity index (χ1) is 17.9. The lowest BCUT2D eigenvalue weighted by Gasteiger charge is -2.32. The average molecular weight is 601 g/mol. The molecule has 1 unspecified atom stereocenters. The van der Waals surface area contributed by atoms with Gasteiger partial charge in [-0.3, -0.25) is 13.9 Å². The highest BCUT2D eigenvalue weighted by Gasteiger charge is 2.33. The number of halogens is 1. The number of rotatable bonds is 10. The first kappa shape index (κ1) is 29.4. The highest BCUT2D eigenvalue weighted by Crippen LogP contribution is 2.29. The number of aryl methyl sites for hydroxylation is 3. The van der Waals surface area contributed by atoms with Gasteiger partial charge in [0.1, 0.15) is 12.6 Å². The number of hydrogen-bond donors (Lipinski definition) is 1. The molecule has 3 rings (SSSR count). The number of amides is 2. The minimum Gasteiger partial charge on any atom is -0.355 e. The zero-order valence-corrected chi connectivity index (χ0v) is 24.8. The van der Waals surface area contributed by atoms with Gasteiger partial charge >= 0.3 is 0 Å². The molecule has 0 bridgehead atoms. The van der Waals surface area contributed by atoms with Crippen molar-refractivity contribution in [3.63, 3.8) is 0 Å². The Labute approximate surface area is 234 Å².